The lowest BCUT2D eigenvalue weighted by Gasteiger charge is -2.28. The molecule has 236 valence electrons. The third-order valence-electron chi connectivity index (χ3n) is 7.83. The quantitative estimate of drug-likeness (QED) is 0.177. The molecule has 2 saturated heterocycles. The van der Waals surface area contributed by atoms with Crippen LogP contribution in [0.3, 0.4) is 0 Å². The number of nitrogen functional groups attached to an aromatic ring is 2. The maximum atomic E-state index is 16.0. The zero-order valence-electron chi connectivity index (χ0n) is 22.3. The van der Waals surface area contributed by atoms with E-state index in [1.165, 1.54) is 40.4 Å². The molecule has 4 aromatic heterocycles. The molecule has 44 heavy (non-hydrogen) atoms. The minimum absolute atomic E-state index is 0.0399. The molecule has 4 aromatic rings. The lowest BCUT2D eigenvalue weighted by molar-refractivity contribution is -0.0484. The number of nitrogens with zero attached hydrogens (tertiary/aromatic N) is 7. The Morgan fingerprint density at radius 2 is 1.68 bits per heavy atom. The highest BCUT2D eigenvalue weighted by Gasteiger charge is 2.54. The van der Waals surface area contributed by atoms with Crippen molar-refractivity contribution < 1.29 is 45.6 Å². The zero-order valence-corrected chi connectivity index (χ0v) is 25.0. The van der Waals surface area contributed by atoms with E-state index in [0.29, 0.717) is 0 Å². The molecule has 1 aliphatic carbocycles. The third-order valence-corrected chi connectivity index (χ3v) is 10.4. The molecule has 22 heteroatoms. The van der Waals surface area contributed by atoms with Gasteiger partial charge in [-0.2, -0.15) is 0 Å². The summed E-state index contributed by atoms with van der Waals surface area (Å²) in [5, 5.41) is 0. The number of hydrogen-bond acceptors (Lipinski definition) is 14. The normalized spacial score (nSPS) is 38.3. The number of phosphoric acid groups is 1. The Morgan fingerprint density at radius 3 is 2.50 bits per heavy atom. The van der Waals surface area contributed by atoms with Gasteiger partial charge in [-0.05, 0) is 12.5 Å². The minimum atomic E-state index is -4.99. The fourth-order valence-electron chi connectivity index (χ4n) is 5.78. The number of anilines is 2. The van der Waals surface area contributed by atoms with Crippen LogP contribution >= 0.6 is 26.9 Å². The van der Waals surface area contributed by atoms with Gasteiger partial charge in [-0.1, -0.05) is 12.2 Å². The number of halogens is 2. The van der Waals surface area contributed by atoms with Crippen molar-refractivity contribution in [2.45, 2.75) is 49.3 Å². The SMILES string of the molecule is Nc1ncnc2c1ncn2[C@@H]1C[C@@H]2COP(=O)(O)O[C@@H]3C(F)[C@H](n4cnc5c(N)ccnc54)O[C@@H]3COP(=O)(S)O[C@@H]2C1F. The van der Waals surface area contributed by atoms with Crippen LogP contribution in [0.4, 0.5) is 20.3 Å². The summed E-state index contributed by atoms with van der Waals surface area (Å²) in [6.45, 7) is -5.61. The summed E-state index contributed by atoms with van der Waals surface area (Å²) in [6.07, 6.45) is -4.93. The summed E-state index contributed by atoms with van der Waals surface area (Å²) in [6, 6.07) is 0.522. The van der Waals surface area contributed by atoms with Crippen LogP contribution in [-0.4, -0.2) is 82.8 Å². The van der Waals surface area contributed by atoms with Crippen molar-refractivity contribution in [3.8, 4) is 0 Å². The first-order chi connectivity index (χ1) is 20.9. The molecule has 17 nitrogen and oxygen atoms in total. The van der Waals surface area contributed by atoms with Gasteiger partial charge in [-0.3, -0.25) is 22.7 Å². The highest BCUT2D eigenvalue weighted by molar-refractivity contribution is 8.44. The smallest absolute Gasteiger partial charge is 0.397 e. The van der Waals surface area contributed by atoms with Gasteiger partial charge in [0.1, 0.15) is 41.8 Å². The van der Waals surface area contributed by atoms with Gasteiger partial charge in [-0.25, -0.2) is 42.8 Å². The van der Waals surface area contributed by atoms with E-state index in [2.05, 4.69) is 37.2 Å². The number of hydrogen-bond donors (Lipinski definition) is 4. The van der Waals surface area contributed by atoms with Crippen LogP contribution in [0.25, 0.3) is 22.3 Å². The van der Waals surface area contributed by atoms with E-state index < -0.39 is 76.7 Å². The molecule has 0 aromatic carbocycles. The van der Waals surface area contributed by atoms with Gasteiger partial charge >= 0.3 is 14.6 Å². The monoisotopic (exact) mass is 675 g/mol. The van der Waals surface area contributed by atoms with Crippen LogP contribution in [0.2, 0.25) is 0 Å². The predicted octanol–water partition coefficient (Wildman–Crippen LogP) is 2.53. The molecule has 0 spiro atoms. The van der Waals surface area contributed by atoms with Gasteiger partial charge in [0.05, 0.1) is 37.6 Å². The van der Waals surface area contributed by atoms with Crippen LogP contribution in [0.15, 0.2) is 31.2 Å². The third kappa shape index (κ3) is 5.17. The number of pyridine rings is 1. The summed E-state index contributed by atoms with van der Waals surface area (Å²) in [5.41, 5.74) is 13.0. The van der Waals surface area contributed by atoms with E-state index in [9.17, 15) is 14.0 Å². The van der Waals surface area contributed by atoms with E-state index in [-0.39, 0.29) is 40.3 Å². The number of alkyl halides is 2. The molecule has 1 saturated carbocycles. The lowest BCUT2D eigenvalue weighted by atomic mass is 10.1. The number of ether oxygens (including phenoxy) is 1. The summed E-state index contributed by atoms with van der Waals surface area (Å²) in [4.78, 5) is 31.1. The molecular formula is C22H25F2N9O8P2S. The van der Waals surface area contributed by atoms with E-state index in [1.807, 2.05) is 0 Å². The highest BCUT2D eigenvalue weighted by atomic mass is 32.7. The Kier molecular flexibility index (Phi) is 7.42. The molecule has 0 amide bonds. The molecule has 0 radical (unpaired) electrons. The lowest BCUT2D eigenvalue weighted by Crippen LogP contribution is -2.35. The molecule has 6 heterocycles. The first-order valence-corrected chi connectivity index (χ1v) is 17.4. The fraction of sp³-hybridized carbons (Fsp3) is 0.500. The van der Waals surface area contributed by atoms with Gasteiger partial charge in [0.2, 0.25) is 0 Å². The van der Waals surface area contributed by atoms with Crippen molar-refractivity contribution in [3.63, 3.8) is 0 Å². The van der Waals surface area contributed by atoms with E-state index in [1.54, 1.807) is 0 Å². The van der Waals surface area contributed by atoms with E-state index >= 15 is 8.78 Å². The van der Waals surface area contributed by atoms with Crippen molar-refractivity contribution in [2.24, 2.45) is 5.92 Å². The number of thiol groups is 1. The molecule has 4 unspecified atom stereocenters. The number of aromatic nitrogens is 7. The average molecular weight is 676 g/mol. The molecule has 5 N–H and O–H groups in total. The van der Waals surface area contributed by atoms with Gasteiger partial charge in [0, 0.05) is 12.1 Å². The van der Waals surface area contributed by atoms with Gasteiger partial charge in [0.15, 0.2) is 29.5 Å². The number of nitrogens with two attached hydrogens (primary N) is 2. The second-order valence-corrected chi connectivity index (χ2v) is 14.8. The van der Waals surface area contributed by atoms with Crippen molar-refractivity contribution in [3.05, 3.63) is 31.2 Å². The molecule has 7 rings (SSSR count). The van der Waals surface area contributed by atoms with Crippen LogP contribution < -0.4 is 11.5 Å². The number of phosphoric ester groups is 1. The Balaban J connectivity index is 1.17. The number of imidazole rings is 2. The molecule has 0 bridgehead atoms. The van der Waals surface area contributed by atoms with Gasteiger partial charge < -0.3 is 25.7 Å². The van der Waals surface area contributed by atoms with Crippen LogP contribution in [0, 0.1) is 5.92 Å². The average Bonchev–Trinajstić information content (AvgIpc) is 3.73. The standard InChI is InChI=1S/C22H25F2N9O8P2S/c23-13-11(32-7-31-16-19(26)28-6-29-21(16)32)3-9-4-37-42(34,35)40-18-12(5-38-43(36,44)41-17(9)13)39-22(14(18)24)33-8-30-15-10(25)1-2-27-20(15)33/h1-2,6-9,11-14,17-18,22H,3-5H2,(H2,25,27)(H,34,35)(H,36,44)(H2,26,28,29)/t9-,11-,12-,13?,14?,17+,18+,22-,43?/m1/s1. The highest BCUT2D eigenvalue weighted by Crippen LogP contribution is 2.59. The van der Waals surface area contributed by atoms with Crippen molar-refractivity contribution >= 4 is 60.7 Å². The molecular weight excluding hydrogens is 650 g/mol. The predicted molar refractivity (Wildman–Crippen MR) is 151 cm³/mol. The first-order valence-electron chi connectivity index (χ1n) is 13.2. The second kappa shape index (κ2) is 10.9. The second-order valence-electron chi connectivity index (χ2n) is 10.5. The Bertz CT molecular complexity index is 1700. The number of rotatable bonds is 2. The van der Waals surface area contributed by atoms with E-state index in [0.717, 1.165) is 0 Å². The molecule has 2 aliphatic heterocycles. The molecule has 10 atom stereocenters. The topological polar surface area (TPSA) is 227 Å². The summed E-state index contributed by atoms with van der Waals surface area (Å²) in [7, 11) is -4.99. The van der Waals surface area contributed by atoms with Crippen molar-refractivity contribution in [1.82, 2.24) is 34.1 Å². The van der Waals surface area contributed by atoms with Crippen LogP contribution in [0.5, 0.6) is 0 Å². The minimum Gasteiger partial charge on any atom is -0.397 e. The Hall–Kier alpha value is -2.80. The van der Waals surface area contributed by atoms with Crippen molar-refractivity contribution in [1.29, 1.82) is 0 Å². The van der Waals surface area contributed by atoms with Crippen molar-refractivity contribution in [2.75, 3.05) is 24.7 Å². The summed E-state index contributed by atoms with van der Waals surface area (Å²) < 4.78 is 88.3. The largest absolute Gasteiger partial charge is 0.472 e. The summed E-state index contributed by atoms with van der Waals surface area (Å²) in [5.74, 6) is -0.875. The molecule has 3 aliphatic rings. The van der Waals surface area contributed by atoms with Gasteiger partial charge in [0.25, 0.3) is 0 Å². The van der Waals surface area contributed by atoms with Gasteiger partial charge in [-0.15, -0.1) is 0 Å². The number of fused-ring (bicyclic) bond motifs is 4. The van der Waals surface area contributed by atoms with Crippen LogP contribution in [0.1, 0.15) is 18.7 Å². The summed E-state index contributed by atoms with van der Waals surface area (Å²) >= 11 is 4.02. The molecule has 3 fully saturated rings. The van der Waals surface area contributed by atoms with E-state index in [4.69, 9.17) is 34.3 Å². The maximum Gasteiger partial charge on any atom is 0.472 e. The van der Waals surface area contributed by atoms with Crippen LogP contribution in [-0.2, 0) is 32.0 Å². The maximum absolute atomic E-state index is 16.0. The Labute approximate surface area is 251 Å². The zero-order chi connectivity index (χ0) is 31.0. The fourth-order valence-corrected chi connectivity index (χ4v) is 8.30. The first kappa shape index (κ1) is 29.9. The Morgan fingerprint density at radius 1 is 0.932 bits per heavy atom.